The van der Waals surface area contributed by atoms with E-state index in [1.807, 2.05) is 20.8 Å². The lowest BCUT2D eigenvalue weighted by molar-refractivity contribution is -0.122. The van der Waals surface area contributed by atoms with Crippen molar-refractivity contribution in [2.24, 2.45) is 5.41 Å². The predicted octanol–water partition coefficient (Wildman–Crippen LogP) is 5.46. The van der Waals surface area contributed by atoms with Crippen LogP contribution in [-0.4, -0.2) is 52.3 Å². The van der Waals surface area contributed by atoms with Gasteiger partial charge in [0.15, 0.2) is 0 Å². The van der Waals surface area contributed by atoms with E-state index >= 15 is 0 Å². The fraction of sp³-hybridized carbons (Fsp3) is 0.958. The Labute approximate surface area is 193 Å². The molecule has 0 spiro atoms. The molecule has 0 bridgehead atoms. The minimum atomic E-state index is -2.66. The van der Waals surface area contributed by atoms with Crippen molar-refractivity contribution >= 4 is 14.7 Å². The van der Waals surface area contributed by atoms with Crippen LogP contribution in [0.3, 0.4) is 0 Å². The molecule has 0 aromatic carbocycles. The van der Waals surface area contributed by atoms with Crippen LogP contribution in [0.2, 0.25) is 6.04 Å². The molecule has 0 saturated carbocycles. The topological polar surface area (TPSA) is 77.0 Å². The Balaban J connectivity index is 4.22. The van der Waals surface area contributed by atoms with Gasteiger partial charge in [0.1, 0.15) is 0 Å². The molecule has 0 aromatic heterocycles. The first-order chi connectivity index (χ1) is 14.7. The van der Waals surface area contributed by atoms with Gasteiger partial charge in [0.2, 0.25) is 5.91 Å². The first kappa shape index (κ1) is 30.5. The summed E-state index contributed by atoms with van der Waals surface area (Å²) in [5.41, 5.74) is -0.0870. The Morgan fingerprint density at radius 3 is 2.00 bits per heavy atom. The van der Waals surface area contributed by atoms with Crippen LogP contribution in [0.1, 0.15) is 106 Å². The zero-order valence-corrected chi connectivity index (χ0v) is 22.3. The minimum Gasteiger partial charge on any atom is -0.393 e. The number of aliphatic hydroxyl groups is 1. The summed E-state index contributed by atoms with van der Waals surface area (Å²) in [6.45, 7) is 14.7. The van der Waals surface area contributed by atoms with Gasteiger partial charge in [-0.1, -0.05) is 59.3 Å². The Bertz CT molecular complexity index is 431. The smallest absolute Gasteiger partial charge is 0.393 e. The van der Waals surface area contributed by atoms with E-state index in [-0.39, 0.29) is 17.4 Å². The van der Waals surface area contributed by atoms with Crippen molar-refractivity contribution in [3.63, 3.8) is 0 Å². The molecule has 31 heavy (non-hydrogen) atoms. The number of aliphatic hydroxyl groups excluding tert-OH is 1. The van der Waals surface area contributed by atoms with Gasteiger partial charge in [0, 0.05) is 38.8 Å². The van der Waals surface area contributed by atoms with Crippen LogP contribution in [0, 0.1) is 5.41 Å². The summed E-state index contributed by atoms with van der Waals surface area (Å²) in [6, 6.07) is 0.738. The zero-order chi connectivity index (χ0) is 23.6. The molecule has 0 fully saturated rings. The molecule has 0 aliphatic rings. The van der Waals surface area contributed by atoms with Crippen molar-refractivity contribution < 1.29 is 23.2 Å². The monoisotopic (exact) mass is 461 g/mol. The number of nitrogens with one attached hydrogen (secondary N) is 1. The standard InChI is InChI=1S/C24H51NO5Si/c1-7-11-12-13-14-15-16-22(26)17-18-23(27)25-21-24(5,6)19-20-31(28-8-2,29-9-3)30-10-4/h22,26H,7-21H2,1-6H3,(H,25,27). The summed E-state index contributed by atoms with van der Waals surface area (Å²) in [7, 11) is -2.66. The number of hydrogen-bond acceptors (Lipinski definition) is 5. The summed E-state index contributed by atoms with van der Waals surface area (Å²) in [5, 5.41) is 13.2. The van der Waals surface area contributed by atoms with Crippen LogP contribution in [0.15, 0.2) is 0 Å². The van der Waals surface area contributed by atoms with E-state index in [9.17, 15) is 9.90 Å². The van der Waals surface area contributed by atoms with Gasteiger partial charge in [-0.25, -0.2) is 0 Å². The Kier molecular flexibility index (Phi) is 17.7. The summed E-state index contributed by atoms with van der Waals surface area (Å²) >= 11 is 0. The fourth-order valence-corrected chi connectivity index (χ4v) is 6.60. The van der Waals surface area contributed by atoms with Crippen LogP contribution in [0.25, 0.3) is 0 Å². The third kappa shape index (κ3) is 15.9. The maximum atomic E-state index is 12.3. The van der Waals surface area contributed by atoms with Gasteiger partial charge >= 0.3 is 8.80 Å². The molecule has 2 N–H and O–H groups in total. The lowest BCUT2D eigenvalue weighted by Gasteiger charge is -2.32. The van der Waals surface area contributed by atoms with Crippen LogP contribution >= 0.6 is 0 Å². The number of unbranched alkanes of at least 4 members (excludes halogenated alkanes) is 5. The van der Waals surface area contributed by atoms with Gasteiger partial charge in [0.05, 0.1) is 6.10 Å². The van der Waals surface area contributed by atoms with Gasteiger partial charge in [-0.05, 0) is 45.4 Å². The molecule has 7 heteroatoms. The number of hydrogen-bond donors (Lipinski definition) is 2. The summed E-state index contributed by atoms with van der Waals surface area (Å²) in [6.07, 6.45) is 9.49. The molecule has 0 aromatic rings. The van der Waals surface area contributed by atoms with Gasteiger partial charge in [-0.3, -0.25) is 4.79 Å². The van der Waals surface area contributed by atoms with Crippen molar-refractivity contribution in [1.82, 2.24) is 5.32 Å². The van der Waals surface area contributed by atoms with Crippen molar-refractivity contribution in [1.29, 1.82) is 0 Å². The summed E-state index contributed by atoms with van der Waals surface area (Å²) < 4.78 is 17.8. The van der Waals surface area contributed by atoms with Crippen LogP contribution < -0.4 is 5.32 Å². The minimum absolute atomic E-state index is 0.0120. The lowest BCUT2D eigenvalue weighted by Crippen LogP contribution is -2.47. The normalized spacial score (nSPS) is 13.4. The first-order valence-corrected chi connectivity index (χ1v) is 14.5. The molecule has 0 rings (SSSR count). The molecule has 0 radical (unpaired) electrons. The fourth-order valence-electron chi connectivity index (χ4n) is 3.61. The number of carbonyl (C=O) groups is 1. The molecule has 1 atom stereocenters. The zero-order valence-electron chi connectivity index (χ0n) is 21.3. The second-order valence-corrected chi connectivity index (χ2v) is 11.9. The van der Waals surface area contributed by atoms with Crippen molar-refractivity contribution in [2.45, 2.75) is 118 Å². The highest BCUT2D eigenvalue weighted by atomic mass is 28.4. The summed E-state index contributed by atoms with van der Waals surface area (Å²) in [5.74, 6) is 0.0120. The van der Waals surface area contributed by atoms with Gasteiger partial charge < -0.3 is 23.7 Å². The Morgan fingerprint density at radius 1 is 0.903 bits per heavy atom. The predicted molar refractivity (Wildman–Crippen MR) is 130 cm³/mol. The van der Waals surface area contributed by atoms with E-state index in [0.29, 0.717) is 39.2 Å². The maximum absolute atomic E-state index is 12.3. The maximum Gasteiger partial charge on any atom is 0.500 e. The Hall–Kier alpha value is -0.473. The van der Waals surface area contributed by atoms with Crippen LogP contribution in [-0.2, 0) is 18.1 Å². The number of amides is 1. The number of rotatable bonds is 21. The van der Waals surface area contributed by atoms with E-state index in [2.05, 4.69) is 26.1 Å². The van der Waals surface area contributed by atoms with E-state index in [1.165, 1.54) is 32.1 Å². The molecule has 0 aliphatic carbocycles. The molecule has 1 amide bonds. The van der Waals surface area contributed by atoms with Crippen LogP contribution in [0.4, 0.5) is 0 Å². The third-order valence-corrected chi connectivity index (χ3v) is 8.61. The average molecular weight is 462 g/mol. The molecule has 0 heterocycles. The highest BCUT2D eigenvalue weighted by Crippen LogP contribution is 2.28. The molecule has 0 aliphatic heterocycles. The van der Waals surface area contributed by atoms with E-state index in [0.717, 1.165) is 25.3 Å². The quantitative estimate of drug-likeness (QED) is 0.175. The molecule has 0 saturated heterocycles. The molecular weight excluding hydrogens is 410 g/mol. The molecule has 6 nitrogen and oxygen atoms in total. The molecule has 186 valence electrons. The van der Waals surface area contributed by atoms with Crippen LogP contribution in [0.5, 0.6) is 0 Å². The van der Waals surface area contributed by atoms with Crippen molar-refractivity contribution in [3.05, 3.63) is 0 Å². The second-order valence-electron chi connectivity index (χ2n) is 9.17. The Morgan fingerprint density at radius 2 is 1.45 bits per heavy atom. The lowest BCUT2D eigenvalue weighted by atomic mass is 9.90. The second kappa shape index (κ2) is 18.0. The summed E-state index contributed by atoms with van der Waals surface area (Å²) in [4.78, 5) is 12.3. The van der Waals surface area contributed by atoms with Crippen molar-refractivity contribution in [3.8, 4) is 0 Å². The largest absolute Gasteiger partial charge is 0.500 e. The number of carbonyl (C=O) groups excluding carboxylic acids is 1. The highest BCUT2D eigenvalue weighted by molar-refractivity contribution is 6.60. The highest BCUT2D eigenvalue weighted by Gasteiger charge is 2.41. The van der Waals surface area contributed by atoms with E-state index in [1.54, 1.807) is 0 Å². The average Bonchev–Trinajstić information content (AvgIpc) is 2.72. The molecular formula is C24H51NO5Si. The molecule has 1 unspecified atom stereocenters. The van der Waals surface area contributed by atoms with E-state index < -0.39 is 8.80 Å². The van der Waals surface area contributed by atoms with Gasteiger partial charge in [0.25, 0.3) is 0 Å². The van der Waals surface area contributed by atoms with Crippen molar-refractivity contribution in [2.75, 3.05) is 26.4 Å². The van der Waals surface area contributed by atoms with Gasteiger partial charge in [-0.15, -0.1) is 0 Å². The van der Waals surface area contributed by atoms with E-state index in [4.69, 9.17) is 13.3 Å². The first-order valence-electron chi connectivity index (χ1n) is 12.6. The SMILES string of the molecule is CCCCCCCCC(O)CCC(=O)NCC(C)(C)CC[Si](OCC)(OCC)OCC. The van der Waals surface area contributed by atoms with Gasteiger partial charge in [-0.2, -0.15) is 0 Å². The third-order valence-electron chi connectivity index (χ3n) is 5.56.